The number of carbonyl (C=O) groups is 1. The number of carbonyl (C=O) groups excluding carboxylic acids is 1. The lowest BCUT2D eigenvalue weighted by atomic mass is 10.2. The Kier molecular flexibility index (Phi) is 5.15. The Morgan fingerprint density at radius 2 is 1.96 bits per heavy atom. The molecule has 9 heteroatoms. The zero-order chi connectivity index (χ0) is 17.0. The molecule has 0 aliphatic carbocycles. The van der Waals surface area contributed by atoms with Gasteiger partial charge < -0.3 is 5.11 Å². The quantitative estimate of drug-likeness (QED) is 0.518. The highest BCUT2D eigenvalue weighted by molar-refractivity contribution is 6.33. The molecule has 0 aliphatic rings. The zero-order valence-electron chi connectivity index (χ0n) is 11.3. The van der Waals surface area contributed by atoms with E-state index in [4.69, 9.17) is 23.2 Å². The third kappa shape index (κ3) is 3.97. The van der Waals surface area contributed by atoms with Crippen LogP contribution in [0.1, 0.15) is 15.9 Å². The summed E-state index contributed by atoms with van der Waals surface area (Å²) < 4.78 is 0. The van der Waals surface area contributed by atoms with Gasteiger partial charge in [-0.2, -0.15) is 5.10 Å². The molecule has 0 saturated carbocycles. The molecule has 0 atom stereocenters. The Labute approximate surface area is 140 Å². The first-order valence-electron chi connectivity index (χ1n) is 6.13. The Bertz CT molecular complexity index is 809. The lowest BCUT2D eigenvalue weighted by Gasteiger charge is -2.10. The molecule has 0 saturated heterocycles. The van der Waals surface area contributed by atoms with Gasteiger partial charge in [0.15, 0.2) is 0 Å². The SMILES string of the molecule is O=C(N/N=C\c1cc(Cl)cc([N+](=O)[O-])c1[O-])c1ccccc1Cl. The van der Waals surface area contributed by atoms with Crippen molar-refractivity contribution in [3.63, 3.8) is 0 Å². The number of hydrogen-bond acceptors (Lipinski definition) is 5. The van der Waals surface area contributed by atoms with Crippen LogP contribution >= 0.6 is 23.2 Å². The van der Waals surface area contributed by atoms with Crippen molar-refractivity contribution in [2.24, 2.45) is 5.10 Å². The predicted molar refractivity (Wildman–Crippen MR) is 84.1 cm³/mol. The molecule has 2 aromatic carbocycles. The maximum atomic E-state index is 11.9. The van der Waals surface area contributed by atoms with Crippen LogP contribution in [0.5, 0.6) is 5.75 Å². The van der Waals surface area contributed by atoms with E-state index >= 15 is 0 Å². The lowest BCUT2D eigenvalue weighted by Crippen LogP contribution is -2.18. The number of nitrogens with one attached hydrogen (secondary N) is 1. The van der Waals surface area contributed by atoms with Gasteiger partial charge in [-0.1, -0.05) is 35.3 Å². The Morgan fingerprint density at radius 3 is 2.61 bits per heavy atom. The summed E-state index contributed by atoms with van der Waals surface area (Å²) in [5.74, 6) is -1.44. The number of nitro benzene ring substituents is 1. The van der Waals surface area contributed by atoms with Crippen LogP contribution in [0.25, 0.3) is 0 Å². The standard InChI is InChI=1S/C14H9Cl2N3O4/c15-9-5-8(13(20)12(6-9)19(22)23)7-17-18-14(21)10-3-1-2-4-11(10)16/h1-7,20H,(H,18,21)/p-1/b17-7-. The fourth-order valence-electron chi connectivity index (χ4n) is 1.70. The molecule has 0 heterocycles. The average molecular weight is 353 g/mol. The third-order valence-electron chi connectivity index (χ3n) is 2.75. The highest BCUT2D eigenvalue weighted by Gasteiger charge is 2.12. The molecular formula is C14H8Cl2N3O4-. The number of nitrogens with zero attached hydrogens (tertiary/aromatic N) is 2. The highest BCUT2D eigenvalue weighted by Crippen LogP contribution is 2.29. The number of nitro groups is 1. The molecule has 0 spiro atoms. The fourth-order valence-corrected chi connectivity index (χ4v) is 2.14. The van der Waals surface area contributed by atoms with E-state index in [9.17, 15) is 20.0 Å². The van der Waals surface area contributed by atoms with Gasteiger partial charge in [0, 0.05) is 11.1 Å². The summed E-state index contributed by atoms with van der Waals surface area (Å²) in [6.45, 7) is 0. The molecule has 1 amide bonds. The molecule has 0 aliphatic heterocycles. The van der Waals surface area contributed by atoms with E-state index in [2.05, 4.69) is 10.5 Å². The maximum absolute atomic E-state index is 11.9. The van der Waals surface area contributed by atoms with Gasteiger partial charge in [-0.3, -0.25) is 14.9 Å². The molecule has 7 nitrogen and oxygen atoms in total. The van der Waals surface area contributed by atoms with Crippen LogP contribution in [-0.2, 0) is 0 Å². The third-order valence-corrected chi connectivity index (χ3v) is 3.30. The monoisotopic (exact) mass is 352 g/mol. The molecule has 0 aromatic heterocycles. The highest BCUT2D eigenvalue weighted by atomic mass is 35.5. The van der Waals surface area contributed by atoms with Crippen molar-refractivity contribution < 1.29 is 14.8 Å². The van der Waals surface area contributed by atoms with Crippen LogP contribution in [0.2, 0.25) is 10.0 Å². The molecule has 23 heavy (non-hydrogen) atoms. The smallest absolute Gasteiger partial charge is 0.272 e. The van der Waals surface area contributed by atoms with E-state index in [1.54, 1.807) is 12.1 Å². The summed E-state index contributed by atoms with van der Waals surface area (Å²) in [5.41, 5.74) is 1.59. The number of halogens is 2. The second-order valence-corrected chi connectivity index (χ2v) is 5.12. The maximum Gasteiger partial charge on any atom is 0.272 e. The summed E-state index contributed by atoms with van der Waals surface area (Å²) in [5, 5.41) is 26.4. The van der Waals surface area contributed by atoms with Gasteiger partial charge in [-0.25, -0.2) is 5.43 Å². The van der Waals surface area contributed by atoms with Gasteiger partial charge in [0.25, 0.3) is 11.6 Å². The van der Waals surface area contributed by atoms with Crippen molar-refractivity contribution in [1.82, 2.24) is 5.43 Å². The van der Waals surface area contributed by atoms with Crippen LogP contribution < -0.4 is 10.5 Å². The number of hydrazone groups is 1. The summed E-state index contributed by atoms with van der Waals surface area (Å²) in [6.07, 6.45) is 0.982. The van der Waals surface area contributed by atoms with E-state index in [-0.39, 0.29) is 21.2 Å². The summed E-state index contributed by atoms with van der Waals surface area (Å²) in [7, 11) is 0. The van der Waals surface area contributed by atoms with Crippen LogP contribution in [-0.4, -0.2) is 17.0 Å². The van der Waals surface area contributed by atoms with E-state index < -0.39 is 22.3 Å². The van der Waals surface area contributed by atoms with Crippen LogP contribution in [0.15, 0.2) is 41.5 Å². The molecular weight excluding hydrogens is 345 g/mol. The topological polar surface area (TPSA) is 108 Å². The molecule has 0 bridgehead atoms. The summed E-state index contributed by atoms with van der Waals surface area (Å²) in [4.78, 5) is 21.8. The minimum Gasteiger partial charge on any atom is -0.867 e. The van der Waals surface area contributed by atoms with Crippen molar-refractivity contribution in [2.45, 2.75) is 0 Å². The summed E-state index contributed by atoms with van der Waals surface area (Å²) >= 11 is 11.6. The van der Waals surface area contributed by atoms with E-state index in [1.807, 2.05) is 0 Å². The van der Waals surface area contributed by atoms with Crippen molar-refractivity contribution >= 4 is 41.0 Å². The average Bonchev–Trinajstić information content (AvgIpc) is 2.50. The van der Waals surface area contributed by atoms with E-state index in [0.29, 0.717) is 0 Å². The minimum atomic E-state index is -0.852. The normalized spacial score (nSPS) is 10.7. The zero-order valence-corrected chi connectivity index (χ0v) is 12.8. The number of amides is 1. The van der Waals surface area contributed by atoms with E-state index in [1.165, 1.54) is 18.2 Å². The molecule has 1 N–H and O–H groups in total. The number of benzene rings is 2. The van der Waals surface area contributed by atoms with Crippen molar-refractivity contribution in [1.29, 1.82) is 0 Å². The Morgan fingerprint density at radius 1 is 1.26 bits per heavy atom. The lowest BCUT2D eigenvalue weighted by molar-refractivity contribution is -0.398. The Hall–Kier alpha value is -2.64. The first-order chi connectivity index (χ1) is 10.9. The van der Waals surface area contributed by atoms with Crippen molar-refractivity contribution in [3.8, 4) is 5.75 Å². The van der Waals surface area contributed by atoms with Gasteiger partial charge in [-0.15, -0.1) is 0 Å². The predicted octanol–water partition coefficient (Wildman–Crippen LogP) is 2.74. The van der Waals surface area contributed by atoms with Gasteiger partial charge in [0.2, 0.25) is 0 Å². The molecule has 0 fully saturated rings. The minimum absolute atomic E-state index is 0.00943. The largest absolute Gasteiger partial charge is 0.867 e. The fraction of sp³-hybridized carbons (Fsp3) is 0. The van der Waals surface area contributed by atoms with Crippen LogP contribution in [0, 0.1) is 10.1 Å². The van der Waals surface area contributed by atoms with Gasteiger partial charge in [0.1, 0.15) is 0 Å². The molecule has 2 rings (SSSR count). The van der Waals surface area contributed by atoms with Crippen molar-refractivity contribution in [2.75, 3.05) is 0 Å². The number of rotatable bonds is 4. The van der Waals surface area contributed by atoms with Crippen LogP contribution in [0.3, 0.4) is 0 Å². The van der Waals surface area contributed by atoms with E-state index in [0.717, 1.165) is 12.3 Å². The molecule has 0 unspecified atom stereocenters. The van der Waals surface area contributed by atoms with Gasteiger partial charge >= 0.3 is 0 Å². The van der Waals surface area contributed by atoms with Crippen molar-refractivity contribution in [3.05, 3.63) is 67.7 Å². The second-order valence-electron chi connectivity index (χ2n) is 4.28. The first-order valence-corrected chi connectivity index (χ1v) is 6.88. The molecule has 2 aromatic rings. The Balaban J connectivity index is 2.20. The van der Waals surface area contributed by atoms with Gasteiger partial charge in [0.05, 0.1) is 21.7 Å². The van der Waals surface area contributed by atoms with Crippen LogP contribution in [0.4, 0.5) is 5.69 Å². The molecule has 118 valence electrons. The second kappa shape index (κ2) is 7.08. The first kappa shape index (κ1) is 16.7. The van der Waals surface area contributed by atoms with Gasteiger partial charge in [-0.05, 0) is 29.5 Å². The summed E-state index contributed by atoms with van der Waals surface area (Å²) in [6, 6.07) is 8.48. The number of hydrogen-bond donors (Lipinski definition) is 1. The molecule has 0 radical (unpaired) electrons.